The van der Waals surface area contributed by atoms with E-state index in [1.54, 1.807) is 0 Å². The normalized spacial score (nSPS) is 7.25. The Morgan fingerprint density at radius 1 is 1.88 bits per heavy atom. The zero-order chi connectivity index (χ0) is 6.57. The van der Waals surface area contributed by atoms with E-state index in [-0.39, 0.29) is 5.16 Å². The molecule has 0 heterocycles. The zero-order valence-corrected chi connectivity index (χ0v) is 6.22. The molecule has 1 nitrogen and oxygen atoms in total. The highest BCUT2D eigenvalue weighted by molar-refractivity contribution is 7.78. The Balaban J connectivity index is 4.01. The molecule has 0 aromatic heterocycles. The maximum Gasteiger partial charge on any atom is 0.167 e. The molecule has 0 spiro atoms. The Morgan fingerprint density at radius 2 is 2.38 bits per heavy atom. The van der Waals surface area contributed by atoms with Crippen LogP contribution in [0.25, 0.3) is 0 Å². The van der Waals surface area contributed by atoms with Crippen LogP contribution in [0.5, 0.6) is 0 Å². The van der Waals surface area contributed by atoms with E-state index >= 15 is 0 Å². The van der Waals surface area contributed by atoms with E-state index < -0.39 is 0 Å². The van der Waals surface area contributed by atoms with Crippen LogP contribution in [0.2, 0.25) is 0 Å². The molecule has 0 aromatic rings. The third kappa shape index (κ3) is 2.34. The smallest absolute Gasteiger partial charge is 0.167 e. The second-order valence-corrected chi connectivity index (χ2v) is 1.82. The van der Waals surface area contributed by atoms with Crippen molar-refractivity contribution in [1.29, 1.82) is 0 Å². The summed E-state index contributed by atoms with van der Waals surface area (Å²) in [6.45, 7) is 3.24. The second-order valence-electron chi connectivity index (χ2n) is 0.884. The highest BCUT2D eigenvalue weighted by Crippen LogP contribution is 2.06. The van der Waals surface area contributed by atoms with E-state index in [1.165, 1.54) is 5.49 Å². The van der Waals surface area contributed by atoms with Crippen LogP contribution in [0.4, 0.5) is 0 Å². The monoisotopic (exact) mass is 167 g/mol. The number of hydrogen-bond donors (Lipinski definition) is 0. The van der Waals surface area contributed by atoms with Crippen LogP contribution in [-0.2, 0) is 0 Å². The molecule has 0 aliphatic carbocycles. The molecule has 0 aromatic carbocycles. The molecular weight excluding hydrogens is 165 g/mol. The molecule has 0 aliphatic heterocycles. The molecule has 0 saturated carbocycles. The Bertz CT molecular complexity index is 139. The summed E-state index contributed by atoms with van der Waals surface area (Å²) in [7, 11) is 0. The first-order valence-corrected chi connectivity index (χ1v) is 2.87. The van der Waals surface area contributed by atoms with Crippen molar-refractivity contribution in [2.45, 2.75) is 0 Å². The highest BCUT2D eigenvalue weighted by atomic mass is 35.5. The van der Waals surface area contributed by atoms with Crippen LogP contribution in [0.3, 0.4) is 0 Å². The number of halogens is 2. The molecule has 0 N–H and O–H groups in total. The lowest BCUT2D eigenvalue weighted by atomic mass is 10.8. The van der Waals surface area contributed by atoms with Crippen molar-refractivity contribution < 1.29 is 0 Å². The minimum Gasteiger partial charge on any atom is -0.232 e. The van der Waals surface area contributed by atoms with Gasteiger partial charge in [0, 0.05) is 11.8 Å². The van der Waals surface area contributed by atoms with Gasteiger partial charge in [-0.1, -0.05) is 36.1 Å². The standard InChI is InChI=1S/C4H3Cl2NS/c1-2-4(5)7(6)3-8/h3H,1H2. The number of hydrogen-bond acceptors (Lipinski definition) is 1. The van der Waals surface area contributed by atoms with Gasteiger partial charge in [0.05, 0.1) is 5.49 Å². The topological polar surface area (TPSA) is 3.24 Å². The van der Waals surface area contributed by atoms with Gasteiger partial charge in [-0.25, -0.2) is 4.42 Å². The molecule has 0 bridgehead atoms. The fourth-order valence-corrected chi connectivity index (χ4v) is 0.394. The van der Waals surface area contributed by atoms with Gasteiger partial charge in [-0.15, -0.1) is 0 Å². The van der Waals surface area contributed by atoms with Gasteiger partial charge in [-0.05, 0) is 0 Å². The SMILES string of the molecule is C=C=C(Cl)N(Cl)C=S. The van der Waals surface area contributed by atoms with Crippen molar-refractivity contribution in [3.05, 3.63) is 17.5 Å². The van der Waals surface area contributed by atoms with Crippen LogP contribution in [0.1, 0.15) is 0 Å². The maximum atomic E-state index is 5.35. The second kappa shape index (κ2) is 3.93. The highest BCUT2D eigenvalue weighted by Gasteiger charge is 1.94. The van der Waals surface area contributed by atoms with Crippen LogP contribution in [0.15, 0.2) is 17.5 Å². The van der Waals surface area contributed by atoms with E-state index in [0.29, 0.717) is 0 Å². The summed E-state index contributed by atoms with van der Waals surface area (Å²) in [5, 5.41) is 0.182. The van der Waals surface area contributed by atoms with E-state index in [2.05, 4.69) is 24.5 Å². The average molecular weight is 168 g/mol. The van der Waals surface area contributed by atoms with Gasteiger partial charge < -0.3 is 0 Å². The van der Waals surface area contributed by atoms with Gasteiger partial charge in [0.2, 0.25) is 0 Å². The first-order valence-electron chi connectivity index (χ1n) is 1.68. The maximum absolute atomic E-state index is 5.35. The van der Waals surface area contributed by atoms with Crippen molar-refractivity contribution in [2.75, 3.05) is 0 Å². The van der Waals surface area contributed by atoms with Crippen LogP contribution < -0.4 is 0 Å². The largest absolute Gasteiger partial charge is 0.232 e. The first-order chi connectivity index (χ1) is 3.72. The molecular formula is C4H3Cl2NS. The van der Waals surface area contributed by atoms with Gasteiger partial charge >= 0.3 is 0 Å². The molecule has 0 unspecified atom stereocenters. The molecule has 0 rings (SSSR count). The van der Waals surface area contributed by atoms with Crippen molar-refractivity contribution in [1.82, 2.24) is 4.42 Å². The fraction of sp³-hybridized carbons (Fsp3) is 0. The van der Waals surface area contributed by atoms with E-state index in [9.17, 15) is 0 Å². The molecule has 4 heteroatoms. The number of rotatable bonds is 2. The summed E-state index contributed by atoms with van der Waals surface area (Å²) in [6, 6.07) is 0. The molecule has 0 radical (unpaired) electrons. The lowest BCUT2D eigenvalue weighted by Gasteiger charge is -2.00. The van der Waals surface area contributed by atoms with Gasteiger partial charge in [0.25, 0.3) is 0 Å². The third-order valence-electron chi connectivity index (χ3n) is 0.426. The molecule has 0 saturated heterocycles. The van der Waals surface area contributed by atoms with E-state index in [4.69, 9.17) is 23.4 Å². The Labute approximate surface area is 63.3 Å². The number of nitrogens with zero attached hydrogens (tertiary/aromatic N) is 1. The minimum atomic E-state index is 0.182. The predicted molar refractivity (Wildman–Crippen MR) is 39.9 cm³/mol. The third-order valence-corrected chi connectivity index (χ3v) is 1.42. The summed E-state index contributed by atoms with van der Waals surface area (Å²) in [4.78, 5) is 0. The molecule has 0 aliphatic rings. The summed E-state index contributed by atoms with van der Waals surface area (Å²) in [5.74, 6) is 0. The number of thiocarbonyl (C=S) groups is 1. The van der Waals surface area contributed by atoms with Crippen molar-refractivity contribution >= 4 is 41.1 Å². The summed E-state index contributed by atoms with van der Waals surface area (Å²) >= 11 is 15.1. The Morgan fingerprint density at radius 3 is 2.50 bits per heavy atom. The van der Waals surface area contributed by atoms with Crippen LogP contribution in [0, 0.1) is 0 Å². The molecule has 0 atom stereocenters. The van der Waals surface area contributed by atoms with Crippen molar-refractivity contribution in [3.63, 3.8) is 0 Å². The molecule has 8 heavy (non-hydrogen) atoms. The van der Waals surface area contributed by atoms with Crippen LogP contribution >= 0.6 is 35.6 Å². The quantitative estimate of drug-likeness (QED) is 0.269. The Kier molecular flexibility index (Phi) is 3.92. The van der Waals surface area contributed by atoms with Gasteiger partial charge in [-0.2, -0.15) is 0 Å². The van der Waals surface area contributed by atoms with Crippen LogP contribution in [-0.4, -0.2) is 9.91 Å². The lowest BCUT2D eigenvalue weighted by molar-refractivity contribution is 0.927. The van der Waals surface area contributed by atoms with Crippen molar-refractivity contribution in [2.24, 2.45) is 0 Å². The first kappa shape index (κ1) is 7.99. The van der Waals surface area contributed by atoms with E-state index in [1.807, 2.05) is 0 Å². The van der Waals surface area contributed by atoms with Gasteiger partial charge in [0.1, 0.15) is 0 Å². The predicted octanol–water partition coefficient (Wildman–Crippen LogP) is 2.26. The zero-order valence-electron chi connectivity index (χ0n) is 3.90. The fourth-order valence-electron chi connectivity index (χ4n) is 0.122. The minimum absolute atomic E-state index is 0.182. The van der Waals surface area contributed by atoms with Crippen molar-refractivity contribution in [3.8, 4) is 0 Å². The lowest BCUT2D eigenvalue weighted by Crippen LogP contribution is -2.00. The van der Waals surface area contributed by atoms with E-state index in [0.717, 1.165) is 4.42 Å². The molecule has 44 valence electrons. The van der Waals surface area contributed by atoms with Gasteiger partial charge in [0.15, 0.2) is 5.16 Å². The molecule has 0 amide bonds. The average Bonchev–Trinajstić information content (AvgIpc) is 1.84. The molecule has 0 fully saturated rings. The summed E-state index contributed by atoms with van der Waals surface area (Å²) < 4.78 is 1.02. The summed E-state index contributed by atoms with van der Waals surface area (Å²) in [5.41, 5.74) is 3.53. The Hall–Kier alpha value is -0.0100. The van der Waals surface area contributed by atoms with Gasteiger partial charge in [-0.3, -0.25) is 0 Å². The summed E-state index contributed by atoms with van der Waals surface area (Å²) in [6.07, 6.45) is 0.